The van der Waals surface area contributed by atoms with E-state index in [1.54, 1.807) is 4.68 Å². The van der Waals surface area contributed by atoms with Crippen LogP contribution in [0.4, 0.5) is 5.82 Å². The Kier molecular flexibility index (Phi) is 3.72. The molecule has 1 aliphatic rings. The Bertz CT molecular complexity index is 908. The zero-order valence-corrected chi connectivity index (χ0v) is 13.3. The number of pyridine rings is 1. The molecule has 6 heteroatoms. The summed E-state index contributed by atoms with van der Waals surface area (Å²) in [6, 6.07) is 11.6. The van der Waals surface area contributed by atoms with Crippen molar-refractivity contribution < 1.29 is 5.11 Å². The largest absolute Gasteiger partial charge is 0.494 e. The number of nitrogens with one attached hydrogen (secondary N) is 2. The molecule has 4 rings (SSSR count). The van der Waals surface area contributed by atoms with Gasteiger partial charge in [-0.3, -0.25) is 9.78 Å². The van der Waals surface area contributed by atoms with Gasteiger partial charge in [-0.05, 0) is 25.0 Å². The molecule has 1 aromatic carbocycles. The lowest BCUT2D eigenvalue weighted by Gasteiger charge is -2.24. The zero-order valence-electron chi connectivity index (χ0n) is 13.3. The van der Waals surface area contributed by atoms with E-state index in [2.05, 4.69) is 15.4 Å². The number of aromatic nitrogens is 3. The van der Waals surface area contributed by atoms with Crippen LogP contribution in [0, 0.1) is 0 Å². The maximum Gasteiger partial charge on any atom is 0.264 e. The predicted molar refractivity (Wildman–Crippen MR) is 93.9 cm³/mol. The normalized spacial score (nSPS) is 15.7. The molecular formula is C18H20N4O2. The lowest BCUT2D eigenvalue weighted by atomic mass is 9.95. The quantitative estimate of drug-likeness (QED) is 0.691. The predicted octanol–water partition coefficient (Wildman–Crippen LogP) is 3.16. The van der Waals surface area contributed by atoms with Gasteiger partial charge in [-0.25, -0.2) is 4.68 Å². The topological polar surface area (TPSA) is 82.9 Å². The fraction of sp³-hybridized carbons (Fsp3) is 0.333. The first-order valence-corrected chi connectivity index (χ1v) is 8.39. The summed E-state index contributed by atoms with van der Waals surface area (Å²) in [4.78, 5) is 14.9. The molecule has 24 heavy (non-hydrogen) atoms. The van der Waals surface area contributed by atoms with Gasteiger partial charge in [0.25, 0.3) is 5.56 Å². The monoisotopic (exact) mass is 324 g/mol. The van der Waals surface area contributed by atoms with Crippen LogP contribution in [0.1, 0.15) is 32.1 Å². The van der Waals surface area contributed by atoms with Gasteiger partial charge in [0, 0.05) is 12.1 Å². The van der Waals surface area contributed by atoms with Gasteiger partial charge in [0.05, 0.1) is 5.69 Å². The van der Waals surface area contributed by atoms with E-state index in [9.17, 15) is 9.90 Å². The van der Waals surface area contributed by atoms with Crippen LogP contribution in [0.15, 0.2) is 41.2 Å². The van der Waals surface area contributed by atoms with Gasteiger partial charge in [0.1, 0.15) is 16.7 Å². The minimum absolute atomic E-state index is 0.172. The molecule has 0 bridgehead atoms. The standard InChI is InChI=1S/C18H20N4O2/c23-15-11-14-16(18(24)20-15)17(19-12-7-3-1-4-8-12)22(21-14)13-9-5-2-6-10-13/h2,5-6,9-12,19,23H,1,3-4,7-8H2,(H,20,24). The van der Waals surface area contributed by atoms with Crippen molar-refractivity contribution in [2.75, 3.05) is 5.32 Å². The minimum atomic E-state index is -0.328. The van der Waals surface area contributed by atoms with Crippen LogP contribution in [-0.2, 0) is 0 Å². The van der Waals surface area contributed by atoms with E-state index in [1.165, 1.54) is 25.3 Å². The highest BCUT2D eigenvalue weighted by atomic mass is 16.3. The SMILES string of the molecule is O=c1[nH]c(O)cc2nn(-c3ccccc3)c(NC3CCCCC3)c12. The summed E-state index contributed by atoms with van der Waals surface area (Å²) < 4.78 is 1.76. The van der Waals surface area contributed by atoms with Crippen molar-refractivity contribution in [2.45, 2.75) is 38.1 Å². The molecular weight excluding hydrogens is 304 g/mol. The minimum Gasteiger partial charge on any atom is -0.494 e. The summed E-state index contributed by atoms with van der Waals surface area (Å²) in [7, 11) is 0. The number of benzene rings is 1. The summed E-state index contributed by atoms with van der Waals surface area (Å²) in [5, 5.41) is 18.2. The van der Waals surface area contributed by atoms with Crippen molar-refractivity contribution in [2.24, 2.45) is 0 Å². The van der Waals surface area contributed by atoms with E-state index in [0.29, 0.717) is 22.8 Å². The Hall–Kier alpha value is -2.76. The average molecular weight is 324 g/mol. The molecule has 3 aromatic rings. The third-order valence-corrected chi connectivity index (χ3v) is 4.60. The van der Waals surface area contributed by atoms with Crippen LogP contribution in [-0.4, -0.2) is 25.9 Å². The van der Waals surface area contributed by atoms with E-state index in [0.717, 1.165) is 18.5 Å². The molecule has 6 nitrogen and oxygen atoms in total. The number of aromatic amines is 1. The van der Waals surface area contributed by atoms with E-state index >= 15 is 0 Å². The number of hydrogen-bond acceptors (Lipinski definition) is 4. The first-order chi connectivity index (χ1) is 11.7. The molecule has 3 N–H and O–H groups in total. The number of aromatic hydroxyl groups is 1. The van der Waals surface area contributed by atoms with Crippen LogP contribution in [0.3, 0.4) is 0 Å². The second-order valence-corrected chi connectivity index (χ2v) is 6.32. The third-order valence-electron chi connectivity index (χ3n) is 4.60. The van der Waals surface area contributed by atoms with Crippen molar-refractivity contribution >= 4 is 16.7 Å². The van der Waals surface area contributed by atoms with Crippen LogP contribution < -0.4 is 10.9 Å². The number of H-pyrrole nitrogens is 1. The second kappa shape index (κ2) is 6.03. The Balaban J connectivity index is 1.88. The molecule has 0 aliphatic heterocycles. The summed E-state index contributed by atoms with van der Waals surface area (Å²) >= 11 is 0. The smallest absolute Gasteiger partial charge is 0.264 e. The van der Waals surface area contributed by atoms with Crippen molar-refractivity contribution in [1.29, 1.82) is 0 Å². The van der Waals surface area contributed by atoms with Gasteiger partial charge < -0.3 is 10.4 Å². The lowest BCUT2D eigenvalue weighted by Crippen LogP contribution is -2.24. The molecule has 0 saturated heterocycles. The summed E-state index contributed by atoms with van der Waals surface area (Å²) in [6.45, 7) is 0. The highest BCUT2D eigenvalue weighted by molar-refractivity contribution is 5.90. The van der Waals surface area contributed by atoms with Gasteiger partial charge in [-0.2, -0.15) is 5.10 Å². The Labute approximate surface area is 139 Å². The van der Waals surface area contributed by atoms with E-state index in [-0.39, 0.29) is 11.4 Å². The fourth-order valence-electron chi connectivity index (χ4n) is 3.43. The maximum atomic E-state index is 12.4. The Morgan fingerprint density at radius 3 is 2.67 bits per heavy atom. The molecule has 2 heterocycles. The van der Waals surface area contributed by atoms with Crippen molar-refractivity contribution in [3.05, 3.63) is 46.8 Å². The van der Waals surface area contributed by atoms with Gasteiger partial charge in [-0.1, -0.05) is 37.5 Å². The van der Waals surface area contributed by atoms with E-state index in [1.807, 2.05) is 30.3 Å². The van der Waals surface area contributed by atoms with Crippen LogP contribution in [0.5, 0.6) is 5.88 Å². The van der Waals surface area contributed by atoms with Crippen LogP contribution >= 0.6 is 0 Å². The van der Waals surface area contributed by atoms with Crippen LogP contribution in [0.2, 0.25) is 0 Å². The molecule has 0 unspecified atom stereocenters. The Morgan fingerprint density at radius 2 is 1.92 bits per heavy atom. The molecule has 2 aromatic heterocycles. The number of para-hydroxylation sites is 1. The van der Waals surface area contributed by atoms with Gasteiger partial charge in [-0.15, -0.1) is 0 Å². The summed E-state index contributed by atoms with van der Waals surface area (Å²) in [6.07, 6.45) is 5.86. The third kappa shape index (κ3) is 2.64. The number of anilines is 1. The second-order valence-electron chi connectivity index (χ2n) is 6.32. The van der Waals surface area contributed by atoms with Crippen molar-refractivity contribution in [3.8, 4) is 11.6 Å². The van der Waals surface area contributed by atoms with E-state index in [4.69, 9.17) is 0 Å². The van der Waals surface area contributed by atoms with Crippen molar-refractivity contribution in [1.82, 2.24) is 14.8 Å². The fourth-order valence-corrected chi connectivity index (χ4v) is 3.43. The summed E-state index contributed by atoms with van der Waals surface area (Å²) in [5.41, 5.74) is 1.04. The van der Waals surface area contributed by atoms with Crippen molar-refractivity contribution in [3.63, 3.8) is 0 Å². The number of fused-ring (bicyclic) bond motifs is 1. The summed E-state index contributed by atoms with van der Waals surface area (Å²) in [5.74, 6) is 0.527. The van der Waals surface area contributed by atoms with Gasteiger partial charge in [0.2, 0.25) is 0 Å². The highest BCUT2D eigenvalue weighted by Crippen LogP contribution is 2.28. The molecule has 0 radical (unpaired) electrons. The zero-order chi connectivity index (χ0) is 16.5. The molecule has 0 amide bonds. The highest BCUT2D eigenvalue weighted by Gasteiger charge is 2.21. The molecule has 0 spiro atoms. The van der Waals surface area contributed by atoms with Gasteiger partial charge in [0.15, 0.2) is 5.88 Å². The molecule has 124 valence electrons. The maximum absolute atomic E-state index is 12.4. The molecule has 1 saturated carbocycles. The molecule has 1 aliphatic carbocycles. The molecule has 0 atom stereocenters. The number of rotatable bonds is 3. The number of hydrogen-bond donors (Lipinski definition) is 3. The van der Waals surface area contributed by atoms with E-state index < -0.39 is 0 Å². The van der Waals surface area contributed by atoms with Gasteiger partial charge >= 0.3 is 0 Å². The average Bonchev–Trinajstić information content (AvgIpc) is 2.95. The Morgan fingerprint density at radius 1 is 1.17 bits per heavy atom. The number of nitrogens with zero attached hydrogens (tertiary/aromatic N) is 2. The van der Waals surface area contributed by atoms with Crippen LogP contribution in [0.25, 0.3) is 16.6 Å². The first kappa shape index (κ1) is 14.8. The lowest BCUT2D eigenvalue weighted by molar-refractivity contribution is 0.453. The molecule has 1 fully saturated rings. The first-order valence-electron chi connectivity index (χ1n) is 8.39.